The van der Waals surface area contributed by atoms with E-state index in [4.69, 9.17) is 5.26 Å². The lowest BCUT2D eigenvalue weighted by molar-refractivity contribution is 0.206. The molecule has 0 radical (unpaired) electrons. The van der Waals surface area contributed by atoms with Crippen LogP contribution < -0.4 is 5.32 Å². The van der Waals surface area contributed by atoms with E-state index in [2.05, 4.69) is 37.1 Å². The number of likely N-dealkylation sites (tertiary alicyclic amines) is 1. The highest BCUT2D eigenvalue weighted by atomic mass is 15.1. The number of hydrogen-bond donors (Lipinski definition) is 1. The lowest BCUT2D eigenvalue weighted by Gasteiger charge is -2.30. The predicted molar refractivity (Wildman–Crippen MR) is 85.5 cm³/mol. The lowest BCUT2D eigenvalue weighted by atomic mass is 9.77. The smallest absolute Gasteiger partial charge is 0.103 e. The average molecular weight is 279 g/mol. The summed E-state index contributed by atoms with van der Waals surface area (Å²) >= 11 is 0. The van der Waals surface area contributed by atoms with Crippen molar-refractivity contribution >= 4 is 0 Å². The molecular formula is C17H33N3. The normalized spacial score (nSPS) is 24.7. The average Bonchev–Trinajstić information content (AvgIpc) is 2.64. The second-order valence-electron chi connectivity index (χ2n) is 7.63. The summed E-state index contributed by atoms with van der Waals surface area (Å²) in [6.45, 7) is 12.7. The summed E-state index contributed by atoms with van der Waals surface area (Å²) in [5.41, 5.74) is 0.0846. The minimum Gasteiger partial charge on any atom is -0.303 e. The molecule has 20 heavy (non-hydrogen) atoms. The summed E-state index contributed by atoms with van der Waals surface area (Å²) in [5.74, 6) is 0.856. The van der Waals surface area contributed by atoms with Crippen molar-refractivity contribution in [3.63, 3.8) is 0 Å². The Kier molecular flexibility index (Phi) is 6.48. The quantitative estimate of drug-likeness (QED) is 0.838. The third kappa shape index (κ3) is 5.42. The van der Waals surface area contributed by atoms with Crippen molar-refractivity contribution in [3.8, 4) is 6.07 Å². The second-order valence-corrected chi connectivity index (χ2v) is 7.63. The highest BCUT2D eigenvalue weighted by Gasteiger charge is 2.27. The van der Waals surface area contributed by atoms with Crippen LogP contribution in [-0.2, 0) is 0 Å². The Morgan fingerprint density at radius 1 is 1.20 bits per heavy atom. The van der Waals surface area contributed by atoms with Crippen LogP contribution in [0.4, 0.5) is 0 Å². The maximum absolute atomic E-state index is 9.17. The molecule has 0 aliphatic carbocycles. The van der Waals surface area contributed by atoms with E-state index < -0.39 is 0 Å². The van der Waals surface area contributed by atoms with Crippen LogP contribution in [0.3, 0.4) is 0 Å². The Bertz CT molecular complexity index is 326. The van der Waals surface area contributed by atoms with Crippen LogP contribution in [0.15, 0.2) is 0 Å². The summed E-state index contributed by atoms with van der Waals surface area (Å²) in [5, 5.41) is 12.3. The van der Waals surface area contributed by atoms with Gasteiger partial charge in [-0.3, -0.25) is 0 Å². The van der Waals surface area contributed by atoms with Crippen LogP contribution in [0, 0.1) is 22.7 Å². The fourth-order valence-electron chi connectivity index (χ4n) is 3.14. The van der Waals surface area contributed by atoms with Gasteiger partial charge in [0, 0.05) is 0 Å². The predicted octanol–water partition coefficient (Wildman–Crippen LogP) is 3.42. The zero-order chi connectivity index (χ0) is 15.2. The minimum absolute atomic E-state index is 0.361. The summed E-state index contributed by atoms with van der Waals surface area (Å²) in [6.07, 6.45) is 6.05. The van der Waals surface area contributed by atoms with Gasteiger partial charge in [0.15, 0.2) is 0 Å². The van der Waals surface area contributed by atoms with Gasteiger partial charge < -0.3 is 10.2 Å². The van der Waals surface area contributed by atoms with Crippen LogP contribution in [0.5, 0.6) is 0 Å². The third-order valence-corrected chi connectivity index (χ3v) is 5.00. The largest absolute Gasteiger partial charge is 0.303 e. The van der Waals surface area contributed by atoms with Crippen molar-refractivity contribution in [2.75, 3.05) is 26.7 Å². The van der Waals surface area contributed by atoms with E-state index in [1.54, 1.807) is 0 Å². The first-order valence-electron chi connectivity index (χ1n) is 8.13. The van der Waals surface area contributed by atoms with Crippen LogP contribution in [0.1, 0.15) is 59.8 Å². The molecule has 3 heteroatoms. The van der Waals surface area contributed by atoms with Gasteiger partial charge in [0.2, 0.25) is 0 Å². The fourth-order valence-corrected chi connectivity index (χ4v) is 3.14. The summed E-state index contributed by atoms with van der Waals surface area (Å²) in [6, 6.07) is 2.38. The van der Waals surface area contributed by atoms with Crippen LogP contribution in [-0.4, -0.2) is 37.1 Å². The topological polar surface area (TPSA) is 39.1 Å². The third-order valence-electron chi connectivity index (χ3n) is 5.00. The van der Waals surface area contributed by atoms with Gasteiger partial charge >= 0.3 is 0 Å². The molecule has 116 valence electrons. The van der Waals surface area contributed by atoms with E-state index in [1.807, 2.05) is 14.0 Å². The fraction of sp³-hybridized carbons (Fsp3) is 0.941. The molecule has 1 saturated heterocycles. The highest BCUT2D eigenvalue weighted by Crippen LogP contribution is 2.34. The Hall–Kier alpha value is -0.590. The lowest BCUT2D eigenvalue weighted by Crippen LogP contribution is -2.39. The molecule has 1 N–H and O–H groups in total. The van der Waals surface area contributed by atoms with Crippen LogP contribution in [0.2, 0.25) is 0 Å². The molecule has 3 nitrogen and oxygen atoms in total. The number of nitrogens with one attached hydrogen (secondary N) is 1. The number of nitriles is 1. The first-order valence-corrected chi connectivity index (χ1v) is 8.13. The Morgan fingerprint density at radius 3 is 2.45 bits per heavy atom. The molecule has 1 fully saturated rings. The molecule has 0 spiro atoms. The van der Waals surface area contributed by atoms with Crippen molar-refractivity contribution in [3.05, 3.63) is 0 Å². The zero-order valence-electron chi connectivity index (χ0n) is 14.1. The number of hydrogen-bond acceptors (Lipinski definition) is 3. The molecular weight excluding hydrogens is 246 g/mol. The van der Waals surface area contributed by atoms with E-state index in [0.717, 1.165) is 25.3 Å². The molecule has 1 aliphatic rings. The van der Waals surface area contributed by atoms with Gasteiger partial charge in [0.25, 0.3) is 0 Å². The van der Waals surface area contributed by atoms with E-state index in [0.29, 0.717) is 5.41 Å². The molecule has 2 atom stereocenters. The molecule has 2 unspecified atom stereocenters. The van der Waals surface area contributed by atoms with Crippen molar-refractivity contribution in [2.45, 2.75) is 65.3 Å². The first-order chi connectivity index (χ1) is 9.30. The Labute approximate surface area is 125 Å². The first kappa shape index (κ1) is 17.5. The van der Waals surface area contributed by atoms with E-state index in [9.17, 15) is 0 Å². The summed E-state index contributed by atoms with van der Waals surface area (Å²) in [7, 11) is 1.88. The van der Waals surface area contributed by atoms with Crippen LogP contribution in [0.25, 0.3) is 0 Å². The van der Waals surface area contributed by atoms with Gasteiger partial charge in [-0.2, -0.15) is 5.26 Å². The van der Waals surface area contributed by atoms with Gasteiger partial charge in [-0.15, -0.1) is 0 Å². The molecule has 1 aliphatic heterocycles. The molecule has 1 heterocycles. The van der Waals surface area contributed by atoms with Gasteiger partial charge in [-0.1, -0.05) is 20.8 Å². The standard InChI is InChI=1S/C17H33N3/c1-16(2,3)15-8-6-11-20(13-9-15)12-7-10-17(4,14-18)19-5/h15,19H,6-13H2,1-5H3. The number of nitrogens with zero attached hydrogens (tertiary/aromatic N) is 2. The van der Waals surface area contributed by atoms with Gasteiger partial charge in [-0.25, -0.2) is 0 Å². The summed E-state index contributed by atoms with van der Waals surface area (Å²) < 4.78 is 0. The van der Waals surface area contributed by atoms with Crippen molar-refractivity contribution < 1.29 is 0 Å². The Balaban J connectivity index is 2.35. The minimum atomic E-state index is -0.361. The van der Waals surface area contributed by atoms with Crippen molar-refractivity contribution in [1.82, 2.24) is 10.2 Å². The maximum atomic E-state index is 9.17. The molecule has 0 aromatic carbocycles. The second kappa shape index (κ2) is 7.43. The molecule has 0 saturated carbocycles. The van der Waals surface area contributed by atoms with Gasteiger partial charge in [0.1, 0.15) is 5.54 Å². The molecule has 1 rings (SSSR count). The maximum Gasteiger partial charge on any atom is 0.103 e. The van der Waals surface area contributed by atoms with Crippen molar-refractivity contribution in [1.29, 1.82) is 5.26 Å². The Morgan fingerprint density at radius 2 is 1.90 bits per heavy atom. The zero-order valence-corrected chi connectivity index (χ0v) is 14.1. The van der Waals surface area contributed by atoms with Crippen LogP contribution >= 0.6 is 0 Å². The van der Waals surface area contributed by atoms with E-state index in [1.165, 1.54) is 32.4 Å². The summed E-state index contributed by atoms with van der Waals surface area (Å²) in [4.78, 5) is 2.60. The number of rotatable bonds is 5. The van der Waals surface area contributed by atoms with Gasteiger partial charge in [0.05, 0.1) is 6.07 Å². The highest BCUT2D eigenvalue weighted by molar-refractivity contribution is 5.02. The molecule has 0 bridgehead atoms. The van der Waals surface area contributed by atoms with Crippen molar-refractivity contribution in [2.24, 2.45) is 11.3 Å². The monoisotopic (exact) mass is 279 g/mol. The van der Waals surface area contributed by atoms with E-state index >= 15 is 0 Å². The van der Waals surface area contributed by atoms with Gasteiger partial charge in [-0.05, 0) is 77.0 Å². The molecule has 0 aromatic rings. The molecule has 0 amide bonds. The molecule has 0 aromatic heterocycles. The van der Waals surface area contributed by atoms with E-state index in [-0.39, 0.29) is 5.54 Å². The SMILES string of the molecule is CNC(C)(C#N)CCCN1CCCC(C(C)(C)C)CC1.